The molecule has 0 aromatic carbocycles. The number of thiophene rings is 1. The van der Waals surface area contributed by atoms with Gasteiger partial charge in [0.05, 0.1) is 17.1 Å². The Bertz CT molecular complexity index is 469. The number of nitrogens with one attached hydrogen (secondary N) is 1. The molecule has 5 heteroatoms. The lowest BCUT2D eigenvalue weighted by Crippen LogP contribution is -2.43. The smallest absolute Gasteiger partial charge is 0.123 e. The topological polar surface area (TPSA) is 42.7 Å². The van der Waals surface area contributed by atoms with E-state index >= 15 is 0 Å². The average molecular weight is 220 g/mol. The van der Waals surface area contributed by atoms with Crippen molar-refractivity contribution >= 4 is 11.3 Å². The van der Waals surface area contributed by atoms with Crippen molar-refractivity contribution in [1.82, 2.24) is 20.3 Å². The van der Waals surface area contributed by atoms with Crippen molar-refractivity contribution < 1.29 is 0 Å². The second kappa shape index (κ2) is 3.43. The average Bonchev–Trinajstić information content (AvgIpc) is 2.70. The standard InChI is InChI=1S/C10H12N4S/c1-7-2-3-10(15-7)9-6-14(13-12-9)8-4-11-5-8/h2-3,6,8,11H,4-5H2,1H3. The third-order valence-corrected chi connectivity index (χ3v) is 3.66. The second-order valence-electron chi connectivity index (χ2n) is 3.81. The second-order valence-corrected chi connectivity index (χ2v) is 5.09. The Labute approximate surface area is 91.9 Å². The van der Waals surface area contributed by atoms with Crippen LogP contribution in [0.15, 0.2) is 18.3 Å². The van der Waals surface area contributed by atoms with E-state index in [2.05, 4.69) is 34.7 Å². The summed E-state index contributed by atoms with van der Waals surface area (Å²) in [6.45, 7) is 4.12. The number of aromatic nitrogens is 3. The SMILES string of the molecule is Cc1ccc(-c2cn(C3CNC3)nn2)s1. The summed E-state index contributed by atoms with van der Waals surface area (Å²) >= 11 is 1.76. The van der Waals surface area contributed by atoms with Crippen molar-refractivity contribution in [3.8, 4) is 10.6 Å². The number of nitrogens with zero attached hydrogens (tertiary/aromatic N) is 3. The molecule has 1 aliphatic heterocycles. The van der Waals surface area contributed by atoms with Crippen LogP contribution in [-0.2, 0) is 0 Å². The number of rotatable bonds is 2. The van der Waals surface area contributed by atoms with Crippen molar-refractivity contribution in [2.45, 2.75) is 13.0 Å². The van der Waals surface area contributed by atoms with Crippen LogP contribution in [0, 0.1) is 6.92 Å². The summed E-state index contributed by atoms with van der Waals surface area (Å²) in [4.78, 5) is 2.51. The molecule has 4 nitrogen and oxygen atoms in total. The van der Waals surface area contributed by atoms with Gasteiger partial charge in [-0.1, -0.05) is 5.21 Å². The first-order valence-corrected chi connectivity index (χ1v) is 5.84. The van der Waals surface area contributed by atoms with Gasteiger partial charge in [0.15, 0.2) is 0 Å². The normalized spacial score (nSPS) is 16.6. The van der Waals surface area contributed by atoms with Gasteiger partial charge in [0, 0.05) is 18.0 Å². The van der Waals surface area contributed by atoms with Gasteiger partial charge >= 0.3 is 0 Å². The van der Waals surface area contributed by atoms with Crippen LogP contribution in [0.5, 0.6) is 0 Å². The highest BCUT2D eigenvalue weighted by Gasteiger charge is 2.20. The van der Waals surface area contributed by atoms with Crippen molar-refractivity contribution in [3.05, 3.63) is 23.2 Å². The fourth-order valence-electron chi connectivity index (χ4n) is 1.60. The number of hydrogen-bond acceptors (Lipinski definition) is 4. The van der Waals surface area contributed by atoms with E-state index in [0.717, 1.165) is 18.8 Å². The van der Waals surface area contributed by atoms with Crippen LogP contribution >= 0.6 is 11.3 Å². The van der Waals surface area contributed by atoms with E-state index < -0.39 is 0 Å². The molecule has 0 radical (unpaired) electrons. The summed E-state index contributed by atoms with van der Waals surface area (Å²) in [5, 5.41) is 11.6. The molecule has 3 heterocycles. The third kappa shape index (κ3) is 1.57. The largest absolute Gasteiger partial charge is 0.312 e. The maximum Gasteiger partial charge on any atom is 0.123 e. The van der Waals surface area contributed by atoms with E-state index in [9.17, 15) is 0 Å². The summed E-state index contributed by atoms with van der Waals surface area (Å²) in [6, 6.07) is 4.71. The van der Waals surface area contributed by atoms with E-state index in [-0.39, 0.29) is 0 Å². The molecule has 0 saturated carbocycles. The van der Waals surface area contributed by atoms with E-state index in [4.69, 9.17) is 0 Å². The van der Waals surface area contributed by atoms with Crippen LogP contribution < -0.4 is 5.32 Å². The van der Waals surface area contributed by atoms with Crippen molar-refractivity contribution in [2.75, 3.05) is 13.1 Å². The van der Waals surface area contributed by atoms with Crippen LogP contribution in [0.4, 0.5) is 0 Å². The Morgan fingerprint density at radius 2 is 2.33 bits per heavy atom. The van der Waals surface area contributed by atoms with Crippen LogP contribution in [0.2, 0.25) is 0 Å². The van der Waals surface area contributed by atoms with E-state index in [1.807, 2.05) is 10.9 Å². The predicted octanol–water partition coefficient (Wildman–Crippen LogP) is 1.46. The highest BCUT2D eigenvalue weighted by Crippen LogP contribution is 2.26. The summed E-state index contributed by atoms with van der Waals surface area (Å²) in [5.74, 6) is 0. The Balaban J connectivity index is 1.89. The maximum atomic E-state index is 4.20. The van der Waals surface area contributed by atoms with Gasteiger partial charge in [-0.2, -0.15) is 0 Å². The molecule has 1 saturated heterocycles. The molecule has 1 aliphatic rings. The summed E-state index contributed by atoms with van der Waals surface area (Å²) in [7, 11) is 0. The molecule has 0 aliphatic carbocycles. The zero-order valence-corrected chi connectivity index (χ0v) is 9.29. The summed E-state index contributed by atoms with van der Waals surface area (Å²) in [5.41, 5.74) is 0.986. The fraction of sp³-hybridized carbons (Fsp3) is 0.400. The lowest BCUT2D eigenvalue weighted by atomic mass is 10.2. The van der Waals surface area contributed by atoms with Gasteiger partial charge in [-0.25, -0.2) is 4.68 Å². The molecule has 0 bridgehead atoms. The molecule has 0 amide bonds. The molecule has 0 atom stereocenters. The lowest BCUT2D eigenvalue weighted by Gasteiger charge is -2.26. The molecule has 0 unspecified atom stereocenters. The Kier molecular flexibility index (Phi) is 2.07. The number of hydrogen-bond donors (Lipinski definition) is 1. The van der Waals surface area contributed by atoms with Gasteiger partial charge in [-0.15, -0.1) is 16.4 Å². The fourth-order valence-corrected chi connectivity index (χ4v) is 2.42. The molecule has 2 aromatic rings. The highest BCUT2D eigenvalue weighted by molar-refractivity contribution is 7.15. The molecular formula is C10H12N4S. The summed E-state index contributed by atoms with van der Waals surface area (Å²) < 4.78 is 1.96. The van der Waals surface area contributed by atoms with E-state index in [0.29, 0.717) is 6.04 Å². The van der Waals surface area contributed by atoms with Gasteiger partial charge in [-0.05, 0) is 19.1 Å². The first-order valence-electron chi connectivity index (χ1n) is 5.02. The van der Waals surface area contributed by atoms with E-state index in [1.165, 1.54) is 9.75 Å². The lowest BCUT2D eigenvalue weighted by molar-refractivity contribution is 0.313. The predicted molar refractivity (Wildman–Crippen MR) is 60.0 cm³/mol. The van der Waals surface area contributed by atoms with Gasteiger partial charge in [0.1, 0.15) is 5.69 Å². The molecule has 1 fully saturated rings. The minimum absolute atomic E-state index is 0.493. The van der Waals surface area contributed by atoms with Crippen LogP contribution in [-0.4, -0.2) is 28.1 Å². The molecule has 2 aromatic heterocycles. The quantitative estimate of drug-likeness (QED) is 0.833. The van der Waals surface area contributed by atoms with Crippen molar-refractivity contribution in [2.24, 2.45) is 0 Å². The van der Waals surface area contributed by atoms with Crippen molar-refractivity contribution in [3.63, 3.8) is 0 Å². The highest BCUT2D eigenvalue weighted by atomic mass is 32.1. The number of aryl methyl sites for hydroxylation is 1. The minimum atomic E-state index is 0.493. The first kappa shape index (κ1) is 9.06. The molecule has 15 heavy (non-hydrogen) atoms. The Morgan fingerprint density at radius 3 is 2.93 bits per heavy atom. The molecular weight excluding hydrogens is 208 g/mol. The van der Waals surface area contributed by atoms with Gasteiger partial charge in [-0.3, -0.25) is 0 Å². The molecule has 3 rings (SSSR count). The Hall–Kier alpha value is -1.20. The monoisotopic (exact) mass is 220 g/mol. The maximum absolute atomic E-state index is 4.20. The van der Waals surface area contributed by atoms with Crippen LogP contribution in [0.3, 0.4) is 0 Å². The van der Waals surface area contributed by atoms with Crippen molar-refractivity contribution in [1.29, 1.82) is 0 Å². The van der Waals surface area contributed by atoms with Gasteiger partial charge < -0.3 is 5.32 Å². The van der Waals surface area contributed by atoms with Gasteiger partial charge in [0.25, 0.3) is 0 Å². The zero-order valence-electron chi connectivity index (χ0n) is 8.47. The zero-order chi connectivity index (χ0) is 10.3. The molecule has 0 spiro atoms. The van der Waals surface area contributed by atoms with E-state index in [1.54, 1.807) is 11.3 Å². The molecule has 78 valence electrons. The first-order chi connectivity index (χ1) is 7.33. The minimum Gasteiger partial charge on any atom is -0.312 e. The molecule has 1 N–H and O–H groups in total. The van der Waals surface area contributed by atoms with Gasteiger partial charge in [0.2, 0.25) is 0 Å². The van der Waals surface area contributed by atoms with Crippen LogP contribution in [0.1, 0.15) is 10.9 Å². The Morgan fingerprint density at radius 1 is 1.47 bits per heavy atom. The third-order valence-electron chi connectivity index (χ3n) is 2.64. The van der Waals surface area contributed by atoms with Crippen LogP contribution in [0.25, 0.3) is 10.6 Å². The summed E-state index contributed by atoms with van der Waals surface area (Å²) in [6.07, 6.45) is 2.04.